The van der Waals surface area contributed by atoms with Gasteiger partial charge in [0, 0.05) is 50.5 Å². The number of amides is 3. The zero-order valence-electron chi connectivity index (χ0n) is 22.9. The van der Waals surface area contributed by atoms with Gasteiger partial charge in [-0.25, -0.2) is 9.59 Å². The van der Waals surface area contributed by atoms with Crippen LogP contribution in [0.4, 0.5) is 4.79 Å². The first-order valence-corrected chi connectivity index (χ1v) is 13.2. The number of esters is 1. The molecule has 1 N–H and O–H groups in total. The van der Waals surface area contributed by atoms with E-state index in [0.29, 0.717) is 67.6 Å². The Kier molecular flexibility index (Phi) is 9.08. The number of methoxy groups -OCH3 is 2. The largest absolute Gasteiger partial charge is 0.497 e. The minimum Gasteiger partial charge on any atom is -0.497 e. The predicted molar refractivity (Wildman–Crippen MR) is 146 cm³/mol. The number of rotatable bonds is 9. The lowest BCUT2D eigenvalue weighted by molar-refractivity contribution is -0.139. The molecule has 208 valence electrons. The van der Waals surface area contributed by atoms with Crippen molar-refractivity contribution in [2.45, 2.75) is 19.9 Å². The zero-order chi connectivity index (χ0) is 27.9. The van der Waals surface area contributed by atoms with E-state index in [-0.39, 0.29) is 18.5 Å². The topological polar surface area (TPSA) is 101 Å². The lowest BCUT2D eigenvalue weighted by atomic mass is 9.94. The highest BCUT2D eigenvalue weighted by Gasteiger charge is 2.38. The van der Waals surface area contributed by atoms with Crippen LogP contribution in [0.5, 0.6) is 11.5 Å². The number of ether oxygens (including phenoxy) is 3. The molecule has 3 amide bonds. The summed E-state index contributed by atoms with van der Waals surface area (Å²) in [4.78, 5) is 45.2. The van der Waals surface area contributed by atoms with E-state index in [4.69, 9.17) is 14.2 Å². The van der Waals surface area contributed by atoms with Crippen LogP contribution in [0.25, 0.3) is 0 Å². The van der Waals surface area contributed by atoms with Crippen LogP contribution in [-0.2, 0) is 9.53 Å². The predicted octanol–water partition coefficient (Wildman–Crippen LogP) is 3.07. The molecule has 1 atom stereocenters. The van der Waals surface area contributed by atoms with Crippen molar-refractivity contribution in [2.75, 3.05) is 60.1 Å². The summed E-state index contributed by atoms with van der Waals surface area (Å²) in [7, 11) is 3.15. The van der Waals surface area contributed by atoms with Crippen molar-refractivity contribution in [3.05, 3.63) is 70.9 Å². The summed E-state index contributed by atoms with van der Waals surface area (Å²) in [5, 5.41) is 2.98. The van der Waals surface area contributed by atoms with Crippen molar-refractivity contribution >= 4 is 17.9 Å². The second-order valence-corrected chi connectivity index (χ2v) is 9.28. The van der Waals surface area contributed by atoms with Gasteiger partial charge < -0.3 is 24.4 Å². The van der Waals surface area contributed by atoms with Crippen molar-refractivity contribution in [2.24, 2.45) is 0 Å². The van der Waals surface area contributed by atoms with E-state index in [2.05, 4.69) is 10.2 Å². The molecule has 0 aromatic heterocycles. The molecule has 4 rings (SSSR count). The van der Waals surface area contributed by atoms with Gasteiger partial charge in [0.05, 0.1) is 32.4 Å². The van der Waals surface area contributed by atoms with Crippen LogP contribution in [0.3, 0.4) is 0 Å². The first-order chi connectivity index (χ1) is 18.9. The summed E-state index contributed by atoms with van der Waals surface area (Å²) < 4.78 is 16.1. The maximum Gasteiger partial charge on any atom is 0.338 e. The van der Waals surface area contributed by atoms with E-state index >= 15 is 0 Å². The molecule has 0 unspecified atom stereocenters. The molecule has 10 heteroatoms. The van der Waals surface area contributed by atoms with Gasteiger partial charge in [-0.3, -0.25) is 14.6 Å². The molecule has 0 aliphatic carbocycles. The van der Waals surface area contributed by atoms with E-state index in [0.717, 1.165) is 5.56 Å². The number of nitrogens with one attached hydrogen (secondary N) is 1. The standard InChI is InChI=1S/C29H36N4O6/c1-5-33-24(19-31-13-15-32(16-14-31)27(34)21-10-8-12-23(18-21)38-4)25(28(35)39-6-2)26(30-29(33)36)20-9-7-11-22(17-20)37-3/h7-12,17-18,26H,5-6,13-16,19H2,1-4H3,(H,30,36)/t26-/m1/s1. The molecule has 39 heavy (non-hydrogen) atoms. The number of hydrogen-bond donors (Lipinski definition) is 1. The summed E-state index contributed by atoms with van der Waals surface area (Å²) in [6, 6.07) is 13.5. The third kappa shape index (κ3) is 6.17. The molecule has 0 bridgehead atoms. The van der Waals surface area contributed by atoms with Gasteiger partial charge in [0.1, 0.15) is 11.5 Å². The first kappa shape index (κ1) is 28.0. The number of benzene rings is 2. The Morgan fingerprint density at radius 3 is 2.26 bits per heavy atom. The minimum absolute atomic E-state index is 0.0507. The number of hydrogen-bond acceptors (Lipinski definition) is 7. The van der Waals surface area contributed by atoms with Gasteiger partial charge in [-0.2, -0.15) is 0 Å². The Bertz CT molecular complexity index is 1240. The molecule has 0 saturated carbocycles. The highest BCUT2D eigenvalue weighted by molar-refractivity contribution is 5.95. The molecule has 2 aliphatic heterocycles. The van der Waals surface area contributed by atoms with Gasteiger partial charge in [0.15, 0.2) is 0 Å². The lowest BCUT2D eigenvalue weighted by Gasteiger charge is -2.40. The molecule has 2 heterocycles. The molecule has 2 aliphatic rings. The quantitative estimate of drug-likeness (QED) is 0.492. The number of carbonyl (C=O) groups is 3. The molecule has 1 fully saturated rings. The SMILES string of the molecule is CCOC(=O)C1=C(CN2CCN(C(=O)c3cccc(OC)c3)CC2)N(CC)C(=O)N[C@@H]1c1cccc(OC)c1. The van der Waals surface area contributed by atoms with Gasteiger partial charge in [0.25, 0.3) is 5.91 Å². The monoisotopic (exact) mass is 536 g/mol. The fraction of sp³-hybridized carbons (Fsp3) is 0.414. The van der Waals surface area contributed by atoms with E-state index in [1.165, 1.54) is 0 Å². The average molecular weight is 537 g/mol. The van der Waals surface area contributed by atoms with Gasteiger partial charge in [0.2, 0.25) is 0 Å². The van der Waals surface area contributed by atoms with Gasteiger partial charge in [-0.1, -0.05) is 18.2 Å². The Balaban J connectivity index is 1.59. The van der Waals surface area contributed by atoms with Crippen LogP contribution in [0, 0.1) is 0 Å². The zero-order valence-corrected chi connectivity index (χ0v) is 22.9. The van der Waals surface area contributed by atoms with E-state index < -0.39 is 12.0 Å². The second-order valence-electron chi connectivity index (χ2n) is 9.28. The molecule has 0 spiro atoms. The van der Waals surface area contributed by atoms with E-state index in [1.807, 2.05) is 42.2 Å². The van der Waals surface area contributed by atoms with Gasteiger partial charge in [-0.05, 0) is 49.7 Å². The minimum atomic E-state index is -0.680. The number of urea groups is 1. The van der Waals surface area contributed by atoms with E-state index in [9.17, 15) is 14.4 Å². The van der Waals surface area contributed by atoms with Crippen molar-refractivity contribution in [3.8, 4) is 11.5 Å². The average Bonchev–Trinajstić information content (AvgIpc) is 2.97. The normalized spacial score (nSPS) is 18.1. The smallest absolute Gasteiger partial charge is 0.338 e. The molecular weight excluding hydrogens is 500 g/mol. The third-order valence-corrected chi connectivity index (χ3v) is 7.03. The molecule has 1 saturated heterocycles. The highest BCUT2D eigenvalue weighted by Crippen LogP contribution is 2.33. The first-order valence-electron chi connectivity index (χ1n) is 13.2. The number of nitrogens with zero attached hydrogens (tertiary/aromatic N) is 3. The van der Waals surface area contributed by atoms with Crippen LogP contribution in [0.2, 0.25) is 0 Å². The van der Waals surface area contributed by atoms with Crippen LogP contribution in [0.15, 0.2) is 59.8 Å². The van der Waals surface area contributed by atoms with E-state index in [1.54, 1.807) is 44.2 Å². The van der Waals surface area contributed by atoms with Crippen LogP contribution in [0.1, 0.15) is 35.8 Å². The summed E-state index contributed by atoms with van der Waals surface area (Å²) >= 11 is 0. The fourth-order valence-electron chi connectivity index (χ4n) is 4.99. The maximum absolute atomic E-state index is 13.3. The Morgan fingerprint density at radius 2 is 1.62 bits per heavy atom. The third-order valence-electron chi connectivity index (χ3n) is 7.03. The number of piperazine rings is 1. The maximum atomic E-state index is 13.3. The number of likely N-dealkylation sites (N-methyl/N-ethyl adjacent to an activating group) is 1. The van der Waals surface area contributed by atoms with Crippen molar-refractivity contribution in [3.63, 3.8) is 0 Å². The fourth-order valence-corrected chi connectivity index (χ4v) is 4.99. The number of carbonyl (C=O) groups excluding carboxylic acids is 3. The van der Waals surface area contributed by atoms with Crippen molar-refractivity contribution in [1.82, 2.24) is 20.0 Å². The Hall–Kier alpha value is -4.05. The molecule has 10 nitrogen and oxygen atoms in total. The summed E-state index contributed by atoms with van der Waals surface area (Å²) in [5.74, 6) is 0.746. The summed E-state index contributed by atoms with van der Waals surface area (Å²) in [5.41, 5.74) is 2.33. The van der Waals surface area contributed by atoms with Crippen molar-refractivity contribution < 1.29 is 28.6 Å². The molecular formula is C29H36N4O6. The molecule has 2 aromatic carbocycles. The summed E-state index contributed by atoms with van der Waals surface area (Å²) in [6.07, 6.45) is 0. The van der Waals surface area contributed by atoms with Gasteiger partial charge in [-0.15, -0.1) is 0 Å². The van der Waals surface area contributed by atoms with Crippen molar-refractivity contribution in [1.29, 1.82) is 0 Å². The lowest BCUT2D eigenvalue weighted by Crippen LogP contribution is -2.53. The molecule has 2 aromatic rings. The highest BCUT2D eigenvalue weighted by atomic mass is 16.5. The van der Waals surface area contributed by atoms with Crippen LogP contribution >= 0.6 is 0 Å². The van der Waals surface area contributed by atoms with Gasteiger partial charge >= 0.3 is 12.0 Å². The van der Waals surface area contributed by atoms with Crippen LogP contribution < -0.4 is 14.8 Å². The Morgan fingerprint density at radius 1 is 0.949 bits per heavy atom. The molecule has 0 radical (unpaired) electrons. The second kappa shape index (κ2) is 12.7. The van der Waals surface area contributed by atoms with Crippen LogP contribution in [-0.4, -0.2) is 92.7 Å². The summed E-state index contributed by atoms with van der Waals surface area (Å²) in [6.45, 7) is 6.85. The Labute approximate surface area is 229 Å².